The Morgan fingerprint density at radius 1 is 0.729 bits per heavy atom. The average Bonchev–Trinajstić information content (AvgIpc) is 3.72. The summed E-state index contributed by atoms with van der Waals surface area (Å²) < 4.78 is 16.3. The van der Waals surface area contributed by atoms with Gasteiger partial charge in [0.25, 0.3) is 0 Å². The van der Waals surface area contributed by atoms with Gasteiger partial charge in [-0.3, -0.25) is 9.59 Å². The number of nitrogens with zero attached hydrogens (tertiary/aromatic N) is 4. The normalized spacial score (nSPS) is 17.6. The number of aromatic nitrogens is 4. The first-order valence-corrected chi connectivity index (χ1v) is 18.9. The Kier molecular flexibility index (Phi) is 16.5. The van der Waals surface area contributed by atoms with Crippen molar-refractivity contribution in [1.82, 2.24) is 20.3 Å². The SMILES string of the molecule is CC(C)c1noc([C@H](CCCC2CCCCC2)CC(=O)O)n1.CC(C)c1noc([C@H](CCCC2CCCCC2)CC(=O)OC(C)(C)C)n1. The Balaban J connectivity index is 0.000000264. The molecule has 2 aromatic rings. The molecule has 2 heterocycles. The molecule has 0 unspecified atom stereocenters. The smallest absolute Gasteiger partial charge is 0.307 e. The van der Waals surface area contributed by atoms with E-state index in [2.05, 4.69) is 20.3 Å². The molecule has 272 valence electrons. The molecule has 0 saturated heterocycles. The number of carbonyl (C=O) groups is 2. The molecule has 2 fully saturated rings. The van der Waals surface area contributed by atoms with Gasteiger partial charge < -0.3 is 18.9 Å². The summed E-state index contributed by atoms with van der Waals surface area (Å²) in [7, 11) is 0. The maximum atomic E-state index is 12.3. The van der Waals surface area contributed by atoms with Gasteiger partial charge in [-0.2, -0.15) is 9.97 Å². The molecule has 0 spiro atoms. The standard InChI is InChI=1S/C21H36N2O3.C17H28N2O3/c1-15(2)19-22-20(26-23-19)17(14-18(24)25-21(3,4)5)13-9-12-16-10-7-6-8-11-16;1-12(2)16-18-17(22-19-16)14(11-15(20)21)10-6-9-13-7-4-3-5-8-13/h15-17H,6-14H2,1-5H3;12-14H,3-11H2,1-2H3,(H,20,21)/t17-;14-/m11/s1. The topological polar surface area (TPSA) is 141 Å². The molecule has 4 rings (SSSR count). The van der Waals surface area contributed by atoms with E-state index in [1.165, 1.54) is 77.0 Å². The zero-order valence-electron chi connectivity index (χ0n) is 31.0. The van der Waals surface area contributed by atoms with Crippen LogP contribution in [-0.4, -0.2) is 42.9 Å². The molecule has 10 nitrogen and oxygen atoms in total. The van der Waals surface area contributed by atoms with E-state index in [1.54, 1.807) is 0 Å². The summed E-state index contributed by atoms with van der Waals surface area (Å²) >= 11 is 0. The van der Waals surface area contributed by atoms with Crippen LogP contribution in [0.3, 0.4) is 0 Å². The predicted molar refractivity (Wildman–Crippen MR) is 186 cm³/mol. The van der Waals surface area contributed by atoms with Gasteiger partial charge in [0.1, 0.15) is 5.60 Å². The lowest BCUT2D eigenvalue weighted by molar-refractivity contribution is -0.155. The molecule has 10 heteroatoms. The number of carbonyl (C=O) groups excluding carboxylic acids is 1. The molecule has 2 saturated carbocycles. The fourth-order valence-electron chi connectivity index (χ4n) is 6.97. The van der Waals surface area contributed by atoms with Crippen LogP contribution in [0.15, 0.2) is 9.05 Å². The second-order valence-electron chi connectivity index (χ2n) is 15.9. The van der Waals surface area contributed by atoms with Crippen molar-refractivity contribution in [3.8, 4) is 0 Å². The van der Waals surface area contributed by atoms with Crippen LogP contribution in [0, 0.1) is 11.8 Å². The number of esters is 1. The first-order valence-electron chi connectivity index (χ1n) is 18.9. The van der Waals surface area contributed by atoms with E-state index in [0.29, 0.717) is 29.9 Å². The zero-order valence-corrected chi connectivity index (χ0v) is 31.0. The first-order chi connectivity index (χ1) is 22.8. The third kappa shape index (κ3) is 14.8. The van der Waals surface area contributed by atoms with Crippen molar-refractivity contribution in [1.29, 1.82) is 0 Å². The minimum Gasteiger partial charge on any atom is -0.481 e. The number of carboxylic acids is 1. The Bertz CT molecular complexity index is 1200. The van der Waals surface area contributed by atoms with E-state index in [0.717, 1.165) is 37.5 Å². The summed E-state index contributed by atoms with van der Waals surface area (Å²) in [6.07, 6.45) is 20.2. The minimum atomic E-state index is -0.799. The van der Waals surface area contributed by atoms with Gasteiger partial charge in [-0.1, -0.05) is 128 Å². The average molecular weight is 673 g/mol. The fourth-order valence-corrected chi connectivity index (χ4v) is 6.97. The Hall–Kier alpha value is -2.78. The fraction of sp³-hybridized carbons (Fsp3) is 0.842. The molecule has 2 atom stereocenters. The number of ether oxygens (including phenoxy) is 1. The van der Waals surface area contributed by atoms with Crippen molar-refractivity contribution in [2.45, 2.75) is 193 Å². The predicted octanol–water partition coefficient (Wildman–Crippen LogP) is 10.3. The van der Waals surface area contributed by atoms with Crippen molar-refractivity contribution in [3.05, 3.63) is 23.4 Å². The molecule has 1 N–H and O–H groups in total. The number of carboxylic acid groups (broad SMARTS) is 1. The highest BCUT2D eigenvalue weighted by atomic mass is 16.6. The van der Waals surface area contributed by atoms with E-state index in [-0.39, 0.29) is 36.1 Å². The Labute approximate surface area is 288 Å². The van der Waals surface area contributed by atoms with E-state index in [1.807, 2.05) is 48.5 Å². The van der Waals surface area contributed by atoms with E-state index < -0.39 is 11.6 Å². The van der Waals surface area contributed by atoms with Gasteiger partial charge >= 0.3 is 11.9 Å². The summed E-state index contributed by atoms with van der Waals surface area (Å²) in [6, 6.07) is 0. The van der Waals surface area contributed by atoms with Crippen molar-refractivity contribution in [2.75, 3.05) is 0 Å². The molecular weight excluding hydrogens is 608 g/mol. The molecule has 0 bridgehead atoms. The highest BCUT2D eigenvalue weighted by Crippen LogP contribution is 2.33. The van der Waals surface area contributed by atoms with E-state index in [4.69, 9.17) is 18.9 Å². The lowest BCUT2D eigenvalue weighted by Crippen LogP contribution is -2.25. The molecule has 0 aromatic carbocycles. The van der Waals surface area contributed by atoms with Gasteiger partial charge in [0.2, 0.25) is 11.8 Å². The van der Waals surface area contributed by atoms with E-state index in [9.17, 15) is 9.59 Å². The van der Waals surface area contributed by atoms with Crippen LogP contribution in [-0.2, 0) is 14.3 Å². The lowest BCUT2D eigenvalue weighted by Gasteiger charge is -2.23. The molecule has 0 aliphatic heterocycles. The number of hydrogen-bond acceptors (Lipinski definition) is 9. The van der Waals surface area contributed by atoms with Crippen molar-refractivity contribution >= 4 is 11.9 Å². The summed E-state index contributed by atoms with van der Waals surface area (Å²) in [5, 5.41) is 17.2. The summed E-state index contributed by atoms with van der Waals surface area (Å²) in [4.78, 5) is 32.4. The van der Waals surface area contributed by atoms with Gasteiger partial charge in [0.05, 0.1) is 12.8 Å². The largest absolute Gasteiger partial charge is 0.481 e. The summed E-state index contributed by atoms with van der Waals surface area (Å²) in [6.45, 7) is 13.8. The minimum absolute atomic E-state index is 0.0477. The summed E-state index contributed by atoms with van der Waals surface area (Å²) in [5.74, 6) is 3.36. The quantitative estimate of drug-likeness (QED) is 0.171. The molecule has 0 amide bonds. The molecule has 2 aliphatic carbocycles. The lowest BCUT2D eigenvalue weighted by atomic mass is 9.84. The van der Waals surface area contributed by atoms with Gasteiger partial charge in [0, 0.05) is 23.7 Å². The van der Waals surface area contributed by atoms with Gasteiger partial charge in [-0.15, -0.1) is 0 Å². The highest BCUT2D eigenvalue weighted by Gasteiger charge is 2.27. The number of aliphatic carboxylic acids is 1. The van der Waals surface area contributed by atoms with Gasteiger partial charge in [0.15, 0.2) is 11.6 Å². The third-order valence-corrected chi connectivity index (χ3v) is 9.68. The molecule has 2 aromatic heterocycles. The van der Waals surface area contributed by atoms with E-state index >= 15 is 0 Å². The Morgan fingerprint density at radius 3 is 1.50 bits per heavy atom. The molecule has 48 heavy (non-hydrogen) atoms. The van der Waals surface area contributed by atoms with Crippen LogP contribution >= 0.6 is 0 Å². The maximum absolute atomic E-state index is 12.3. The van der Waals surface area contributed by atoms with Crippen LogP contribution in [0.4, 0.5) is 0 Å². The van der Waals surface area contributed by atoms with Crippen molar-refractivity contribution in [2.24, 2.45) is 11.8 Å². The van der Waals surface area contributed by atoms with Crippen LogP contribution in [0.2, 0.25) is 0 Å². The third-order valence-electron chi connectivity index (χ3n) is 9.68. The number of hydrogen-bond donors (Lipinski definition) is 1. The monoisotopic (exact) mass is 672 g/mol. The molecular formula is C38H64N4O6. The maximum Gasteiger partial charge on any atom is 0.307 e. The van der Waals surface area contributed by atoms with Crippen molar-refractivity contribution in [3.63, 3.8) is 0 Å². The van der Waals surface area contributed by atoms with Gasteiger partial charge in [-0.25, -0.2) is 0 Å². The second kappa shape index (κ2) is 20.0. The summed E-state index contributed by atoms with van der Waals surface area (Å²) in [5.41, 5.74) is -0.471. The zero-order chi connectivity index (χ0) is 35.1. The Morgan fingerprint density at radius 2 is 1.15 bits per heavy atom. The number of rotatable bonds is 16. The first kappa shape index (κ1) is 39.7. The van der Waals surface area contributed by atoms with Crippen LogP contribution in [0.1, 0.15) is 211 Å². The van der Waals surface area contributed by atoms with Gasteiger partial charge in [-0.05, 0) is 45.4 Å². The van der Waals surface area contributed by atoms with Crippen molar-refractivity contribution < 1.29 is 28.5 Å². The van der Waals surface area contributed by atoms with Crippen LogP contribution in [0.25, 0.3) is 0 Å². The van der Waals surface area contributed by atoms with Crippen LogP contribution < -0.4 is 0 Å². The van der Waals surface area contributed by atoms with Crippen LogP contribution in [0.5, 0.6) is 0 Å². The molecule has 0 radical (unpaired) electrons. The molecule has 2 aliphatic rings. The highest BCUT2D eigenvalue weighted by molar-refractivity contribution is 5.70. The second-order valence-corrected chi connectivity index (χ2v) is 15.9.